The second kappa shape index (κ2) is 6.69. The third-order valence-corrected chi connectivity index (χ3v) is 5.72. The largest absolute Gasteiger partial charge is 0.465 e. The lowest BCUT2D eigenvalue weighted by atomic mass is 10.1. The van der Waals surface area contributed by atoms with E-state index < -0.39 is 0 Å². The Labute approximate surface area is 127 Å². The Morgan fingerprint density at radius 3 is 2.55 bits per heavy atom. The minimum absolute atomic E-state index is 0.335. The second-order valence-electron chi connectivity index (χ2n) is 4.60. The molecule has 2 N–H and O–H groups in total. The van der Waals surface area contributed by atoms with Gasteiger partial charge in [-0.15, -0.1) is 23.1 Å². The van der Waals surface area contributed by atoms with Gasteiger partial charge in [0.2, 0.25) is 0 Å². The summed E-state index contributed by atoms with van der Waals surface area (Å²) in [7, 11) is 3.14. The Hall–Kier alpha value is -0.920. The first-order chi connectivity index (χ1) is 9.62. The van der Waals surface area contributed by atoms with Gasteiger partial charge in [-0.3, -0.25) is 0 Å². The molecule has 0 bridgehead atoms. The van der Waals surface area contributed by atoms with Gasteiger partial charge in [-0.2, -0.15) is 0 Å². The molecule has 20 heavy (non-hydrogen) atoms. The van der Waals surface area contributed by atoms with Crippen molar-refractivity contribution >= 4 is 39.8 Å². The van der Waals surface area contributed by atoms with E-state index in [1.165, 1.54) is 18.4 Å². The summed E-state index contributed by atoms with van der Waals surface area (Å²) in [5.41, 5.74) is 6.63. The van der Waals surface area contributed by atoms with Crippen molar-refractivity contribution in [2.45, 2.75) is 23.8 Å². The molecule has 0 spiro atoms. The monoisotopic (exact) mass is 316 g/mol. The minimum atomic E-state index is -0.360. The van der Waals surface area contributed by atoms with Crippen molar-refractivity contribution < 1.29 is 14.3 Å². The standard InChI is InChI=1S/C13H20N2O3S2/c1-17-8-4-6-15(7-5-8)12-10(19-3)9(14)11(20-12)13(16)18-2/h8H,4-7,14H2,1-3H3. The number of rotatable bonds is 4. The van der Waals surface area contributed by atoms with Crippen molar-refractivity contribution in [3.63, 3.8) is 0 Å². The summed E-state index contributed by atoms with van der Waals surface area (Å²) in [5, 5.41) is 1.07. The molecule has 0 atom stereocenters. The van der Waals surface area contributed by atoms with Crippen LogP contribution in [0.25, 0.3) is 0 Å². The van der Waals surface area contributed by atoms with Crippen molar-refractivity contribution in [3.8, 4) is 0 Å². The Bertz CT molecular complexity index is 482. The predicted octanol–water partition coefficient (Wildman–Crippen LogP) is 2.45. The van der Waals surface area contributed by atoms with Gasteiger partial charge in [0.25, 0.3) is 0 Å². The zero-order valence-electron chi connectivity index (χ0n) is 12.0. The number of thioether (sulfide) groups is 1. The Kier molecular flexibility index (Phi) is 5.17. The number of anilines is 2. The smallest absolute Gasteiger partial charge is 0.350 e. The van der Waals surface area contributed by atoms with Gasteiger partial charge in [-0.1, -0.05) is 0 Å². The van der Waals surface area contributed by atoms with Gasteiger partial charge in [0, 0.05) is 20.2 Å². The average molecular weight is 316 g/mol. The van der Waals surface area contributed by atoms with Crippen LogP contribution in [0.15, 0.2) is 4.90 Å². The number of esters is 1. The normalized spacial score (nSPS) is 16.4. The minimum Gasteiger partial charge on any atom is -0.465 e. The van der Waals surface area contributed by atoms with Crippen LogP contribution in [0.3, 0.4) is 0 Å². The molecule has 1 aromatic heterocycles. The molecule has 0 aliphatic carbocycles. The molecular formula is C13H20N2O3S2. The number of nitrogen functional groups attached to an aromatic ring is 1. The van der Waals surface area contributed by atoms with Gasteiger partial charge in [0.05, 0.1) is 23.8 Å². The number of carbonyl (C=O) groups is 1. The van der Waals surface area contributed by atoms with Gasteiger partial charge < -0.3 is 20.1 Å². The molecule has 2 rings (SSSR count). The highest BCUT2D eigenvalue weighted by molar-refractivity contribution is 7.99. The van der Waals surface area contributed by atoms with Crippen LogP contribution in [0.4, 0.5) is 10.7 Å². The zero-order valence-corrected chi connectivity index (χ0v) is 13.6. The lowest BCUT2D eigenvalue weighted by Crippen LogP contribution is -2.36. The van der Waals surface area contributed by atoms with Crippen LogP contribution in [-0.4, -0.2) is 45.6 Å². The van der Waals surface area contributed by atoms with E-state index in [1.807, 2.05) is 6.26 Å². The molecule has 1 saturated heterocycles. The Morgan fingerprint density at radius 1 is 1.40 bits per heavy atom. The highest BCUT2D eigenvalue weighted by Gasteiger charge is 2.27. The molecule has 1 fully saturated rings. The molecule has 7 heteroatoms. The van der Waals surface area contributed by atoms with Gasteiger partial charge in [0.15, 0.2) is 0 Å². The summed E-state index contributed by atoms with van der Waals surface area (Å²) in [5.74, 6) is -0.360. The fourth-order valence-electron chi connectivity index (χ4n) is 2.36. The number of carbonyl (C=O) groups excluding carboxylic acids is 1. The number of nitrogens with zero attached hydrogens (tertiary/aromatic N) is 1. The van der Waals surface area contributed by atoms with Crippen molar-refractivity contribution in [3.05, 3.63) is 4.88 Å². The highest BCUT2D eigenvalue weighted by Crippen LogP contribution is 2.44. The maximum Gasteiger partial charge on any atom is 0.350 e. The van der Waals surface area contributed by atoms with E-state index in [-0.39, 0.29) is 5.97 Å². The number of ether oxygens (including phenoxy) is 2. The fraction of sp³-hybridized carbons (Fsp3) is 0.615. The van der Waals surface area contributed by atoms with Crippen LogP contribution in [0.5, 0.6) is 0 Å². The fourth-order valence-corrected chi connectivity index (χ4v) is 4.51. The topological polar surface area (TPSA) is 64.8 Å². The molecule has 0 aromatic carbocycles. The van der Waals surface area contributed by atoms with Crippen LogP contribution in [0.1, 0.15) is 22.5 Å². The second-order valence-corrected chi connectivity index (χ2v) is 6.41. The number of hydrogen-bond donors (Lipinski definition) is 1. The molecule has 5 nitrogen and oxygen atoms in total. The predicted molar refractivity (Wildman–Crippen MR) is 84.1 cm³/mol. The van der Waals surface area contributed by atoms with Crippen LogP contribution >= 0.6 is 23.1 Å². The molecule has 2 heterocycles. The van der Waals surface area contributed by atoms with E-state index in [2.05, 4.69) is 4.90 Å². The van der Waals surface area contributed by atoms with Crippen molar-refractivity contribution in [2.24, 2.45) is 0 Å². The number of hydrogen-bond acceptors (Lipinski definition) is 7. The lowest BCUT2D eigenvalue weighted by molar-refractivity contribution is 0.0607. The quantitative estimate of drug-likeness (QED) is 0.680. The molecule has 0 unspecified atom stereocenters. The summed E-state index contributed by atoms with van der Waals surface area (Å²) in [4.78, 5) is 15.5. The SMILES string of the molecule is COC(=O)c1sc(N2CCC(OC)CC2)c(SC)c1N. The van der Waals surface area contributed by atoms with E-state index in [9.17, 15) is 4.79 Å². The molecule has 112 valence electrons. The van der Waals surface area contributed by atoms with Crippen molar-refractivity contribution in [1.82, 2.24) is 0 Å². The van der Waals surface area contributed by atoms with E-state index >= 15 is 0 Å². The summed E-state index contributed by atoms with van der Waals surface area (Å²) in [6.45, 7) is 1.85. The van der Waals surface area contributed by atoms with Crippen LogP contribution in [0.2, 0.25) is 0 Å². The molecule has 1 aromatic rings. The maximum atomic E-state index is 11.8. The van der Waals surface area contributed by atoms with E-state index in [0.29, 0.717) is 16.7 Å². The van der Waals surface area contributed by atoms with Gasteiger partial charge in [-0.25, -0.2) is 4.79 Å². The summed E-state index contributed by atoms with van der Waals surface area (Å²) in [6.07, 6.45) is 4.30. The summed E-state index contributed by atoms with van der Waals surface area (Å²) in [6, 6.07) is 0. The number of thiophene rings is 1. The molecule has 1 aliphatic rings. The van der Waals surface area contributed by atoms with Crippen LogP contribution < -0.4 is 10.6 Å². The van der Waals surface area contributed by atoms with Crippen LogP contribution in [0, 0.1) is 0 Å². The maximum absolute atomic E-state index is 11.8. The molecular weight excluding hydrogens is 296 g/mol. The first-order valence-corrected chi connectivity index (χ1v) is 8.48. The van der Waals surface area contributed by atoms with E-state index in [0.717, 1.165) is 35.8 Å². The van der Waals surface area contributed by atoms with E-state index in [4.69, 9.17) is 15.2 Å². The number of nitrogens with two attached hydrogens (primary N) is 1. The van der Waals surface area contributed by atoms with Crippen molar-refractivity contribution in [1.29, 1.82) is 0 Å². The van der Waals surface area contributed by atoms with Crippen LogP contribution in [-0.2, 0) is 9.47 Å². The lowest BCUT2D eigenvalue weighted by Gasteiger charge is -2.32. The first kappa shape index (κ1) is 15.5. The number of methoxy groups -OCH3 is 2. The Morgan fingerprint density at radius 2 is 2.05 bits per heavy atom. The third-order valence-electron chi connectivity index (χ3n) is 3.52. The first-order valence-electron chi connectivity index (χ1n) is 6.44. The highest BCUT2D eigenvalue weighted by atomic mass is 32.2. The molecule has 0 saturated carbocycles. The Balaban J connectivity index is 2.25. The van der Waals surface area contributed by atoms with Gasteiger partial charge in [-0.05, 0) is 19.1 Å². The summed E-state index contributed by atoms with van der Waals surface area (Å²) >= 11 is 3.00. The van der Waals surface area contributed by atoms with Gasteiger partial charge in [0.1, 0.15) is 9.88 Å². The molecule has 0 amide bonds. The van der Waals surface area contributed by atoms with Crippen molar-refractivity contribution in [2.75, 3.05) is 44.2 Å². The summed E-state index contributed by atoms with van der Waals surface area (Å²) < 4.78 is 10.2. The van der Waals surface area contributed by atoms with E-state index in [1.54, 1.807) is 18.9 Å². The zero-order chi connectivity index (χ0) is 14.7. The third kappa shape index (κ3) is 2.89. The molecule has 0 radical (unpaired) electrons. The average Bonchev–Trinajstić information content (AvgIpc) is 2.83. The van der Waals surface area contributed by atoms with Gasteiger partial charge >= 0.3 is 5.97 Å². The number of piperidine rings is 1. The molecule has 1 aliphatic heterocycles.